The highest BCUT2D eigenvalue weighted by molar-refractivity contribution is 5.14. The lowest BCUT2D eigenvalue weighted by atomic mass is 10.1. The van der Waals surface area contributed by atoms with Crippen molar-refractivity contribution in [3.05, 3.63) is 11.4 Å². The number of rotatable bonds is 2. The fourth-order valence-corrected chi connectivity index (χ4v) is 2.88. The van der Waals surface area contributed by atoms with E-state index in [2.05, 4.69) is 20.3 Å². The molecule has 1 aliphatic heterocycles. The van der Waals surface area contributed by atoms with Crippen molar-refractivity contribution in [3.8, 4) is 0 Å². The molecule has 88 valence electrons. The topological polar surface area (TPSA) is 52.0 Å². The summed E-state index contributed by atoms with van der Waals surface area (Å²) in [7, 11) is 1.80. The van der Waals surface area contributed by atoms with E-state index < -0.39 is 0 Å². The smallest absolute Gasteiger partial charge is 0.0997 e. The second kappa shape index (κ2) is 4.14. The number of hydrogen-bond donors (Lipinski definition) is 1. The van der Waals surface area contributed by atoms with Crippen molar-refractivity contribution in [2.75, 3.05) is 13.7 Å². The summed E-state index contributed by atoms with van der Waals surface area (Å²) in [5, 5.41) is 11.9. The van der Waals surface area contributed by atoms with Crippen LogP contribution in [0.3, 0.4) is 0 Å². The molecule has 1 aromatic heterocycles. The molecule has 1 N–H and O–H groups in total. The molecule has 0 saturated heterocycles. The third kappa shape index (κ3) is 1.55. The van der Waals surface area contributed by atoms with Crippen LogP contribution in [-0.2, 0) is 17.7 Å². The Morgan fingerprint density at radius 1 is 1.44 bits per heavy atom. The molecule has 2 atom stereocenters. The summed E-state index contributed by atoms with van der Waals surface area (Å²) in [6.45, 7) is 1.89. The number of nitrogens with one attached hydrogen (secondary N) is 1. The molecule has 1 aliphatic carbocycles. The molecule has 3 rings (SSSR count). The third-order valence-corrected chi connectivity index (χ3v) is 3.74. The van der Waals surface area contributed by atoms with E-state index in [0.717, 1.165) is 31.6 Å². The average molecular weight is 222 g/mol. The van der Waals surface area contributed by atoms with Gasteiger partial charge in [0.2, 0.25) is 0 Å². The Hall–Kier alpha value is -0.940. The molecule has 16 heavy (non-hydrogen) atoms. The zero-order valence-corrected chi connectivity index (χ0v) is 9.65. The normalized spacial score (nSPS) is 29.3. The van der Waals surface area contributed by atoms with Gasteiger partial charge in [0.25, 0.3) is 0 Å². The maximum absolute atomic E-state index is 5.53. The van der Waals surface area contributed by atoms with Crippen molar-refractivity contribution >= 4 is 0 Å². The van der Waals surface area contributed by atoms with Gasteiger partial charge in [0.05, 0.1) is 23.5 Å². The van der Waals surface area contributed by atoms with Gasteiger partial charge in [0.15, 0.2) is 0 Å². The van der Waals surface area contributed by atoms with Gasteiger partial charge < -0.3 is 10.1 Å². The van der Waals surface area contributed by atoms with Crippen molar-refractivity contribution < 1.29 is 4.74 Å². The van der Waals surface area contributed by atoms with E-state index in [1.165, 1.54) is 18.5 Å². The van der Waals surface area contributed by atoms with E-state index in [1.54, 1.807) is 7.11 Å². The molecule has 2 heterocycles. The Balaban J connectivity index is 1.91. The fraction of sp³-hybridized carbons (Fsp3) is 0.818. The highest BCUT2D eigenvalue weighted by Crippen LogP contribution is 2.33. The van der Waals surface area contributed by atoms with E-state index in [9.17, 15) is 0 Å². The predicted molar refractivity (Wildman–Crippen MR) is 59.1 cm³/mol. The maximum Gasteiger partial charge on any atom is 0.0997 e. The molecule has 5 heteroatoms. The Labute approximate surface area is 95.2 Å². The quantitative estimate of drug-likeness (QED) is 0.799. The fourth-order valence-electron chi connectivity index (χ4n) is 2.88. The minimum atomic E-state index is 0.320. The summed E-state index contributed by atoms with van der Waals surface area (Å²) in [5.41, 5.74) is 2.43. The van der Waals surface area contributed by atoms with Crippen LogP contribution in [0.15, 0.2) is 0 Å². The van der Waals surface area contributed by atoms with E-state index in [0.29, 0.717) is 12.1 Å². The first kappa shape index (κ1) is 10.2. The third-order valence-electron chi connectivity index (χ3n) is 3.74. The molecule has 1 aromatic rings. The summed E-state index contributed by atoms with van der Waals surface area (Å²) in [4.78, 5) is 0. The Bertz CT molecular complexity index is 376. The molecule has 2 aliphatic rings. The van der Waals surface area contributed by atoms with E-state index >= 15 is 0 Å². The van der Waals surface area contributed by atoms with Gasteiger partial charge in [-0.2, -0.15) is 0 Å². The van der Waals surface area contributed by atoms with Crippen LogP contribution < -0.4 is 5.32 Å². The summed E-state index contributed by atoms with van der Waals surface area (Å²) in [6.07, 6.45) is 4.90. The zero-order valence-electron chi connectivity index (χ0n) is 9.65. The van der Waals surface area contributed by atoms with Gasteiger partial charge >= 0.3 is 0 Å². The molecule has 5 nitrogen and oxygen atoms in total. The van der Waals surface area contributed by atoms with Crippen LogP contribution in [0, 0.1) is 0 Å². The van der Waals surface area contributed by atoms with Crippen molar-refractivity contribution in [1.29, 1.82) is 0 Å². The monoisotopic (exact) mass is 222 g/mol. The van der Waals surface area contributed by atoms with Crippen LogP contribution in [0.4, 0.5) is 0 Å². The molecular weight excluding hydrogens is 204 g/mol. The number of aromatic nitrogens is 3. The van der Waals surface area contributed by atoms with Crippen molar-refractivity contribution in [2.24, 2.45) is 0 Å². The van der Waals surface area contributed by atoms with Gasteiger partial charge in [-0.1, -0.05) is 5.21 Å². The molecule has 2 unspecified atom stereocenters. The average Bonchev–Trinajstić information content (AvgIpc) is 2.94. The first-order valence-corrected chi connectivity index (χ1v) is 6.06. The summed E-state index contributed by atoms with van der Waals surface area (Å²) < 4.78 is 7.66. The van der Waals surface area contributed by atoms with Crippen molar-refractivity contribution in [1.82, 2.24) is 20.3 Å². The summed E-state index contributed by atoms with van der Waals surface area (Å²) in [6, 6.07) is 0.402. The minimum Gasteiger partial charge on any atom is -0.379 e. The Morgan fingerprint density at radius 2 is 2.38 bits per heavy atom. The SMILES string of the molecule is COC1CCCC1n1nnc2c1CCNC2. The molecule has 1 fully saturated rings. The van der Waals surface area contributed by atoms with Gasteiger partial charge in [-0.25, -0.2) is 4.68 Å². The number of methoxy groups -OCH3 is 1. The molecule has 1 saturated carbocycles. The lowest BCUT2D eigenvalue weighted by molar-refractivity contribution is 0.0691. The largest absolute Gasteiger partial charge is 0.379 e. The lowest BCUT2D eigenvalue weighted by Gasteiger charge is -2.21. The standard InChI is InChI=1S/C11H18N4O/c1-16-11-4-2-3-10(11)15-9-5-6-12-7-8(9)13-14-15/h10-12H,2-7H2,1H3. The lowest BCUT2D eigenvalue weighted by Crippen LogP contribution is -2.28. The number of nitrogens with zero attached hydrogens (tertiary/aromatic N) is 3. The molecular formula is C11H18N4O. The van der Waals surface area contributed by atoms with Gasteiger partial charge in [-0.15, -0.1) is 5.10 Å². The number of ether oxygens (including phenoxy) is 1. The Kier molecular flexibility index (Phi) is 2.65. The summed E-state index contributed by atoms with van der Waals surface area (Å²) in [5.74, 6) is 0. The van der Waals surface area contributed by atoms with Crippen LogP contribution >= 0.6 is 0 Å². The zero-order chi connectivity index (χ0) is 11.0. The van der Waals surface area contributed by atoms with Crippen LogP contribution in [-0.4, -0.2) is 34.8 Å². The molecule has 0 amide bonds. The van der Waals surface area contributed by atoms with Crippen LogP contribution in [0.25, 0.3) is 0 Å². The Morgan fingerprint density at radius 3 is 3.25 bits per heavy atom. The van der Waals surface area contributed by atoms with Crippen molar-refractivity contribution in [3.63, 3.8) is 0 Å². The number of hydrogen-bond acceptors (Lipinski definition) is 4. The number of fused-ring (bicyclic) bond motifs is 1. The molecule has 0 bridgehead atoms. The predicted octanol–water partition coefficient (Wildman–Crippen LogP) is 0.664. The van der Waals surface area contributed by atoms with Crippen LogP contribution in [0.5, 0.6) is 0 Å². The van der Waals surface area contributed by atoms with Gasteiger partial charge in [0, 0.05) is 26.6 Å². The highest BCUT2D eigenvalue weighted by Gasteiger charge is 2.32. The van der Waals surface area contributed by atoms with Crippen molar-refractivity contribution in [2.45, 2.75) is 44.4 Å². The van der Waals surface area contributed by atoms with Gasteiger partial charge in [-0.3, -0.25) is 0 Å². The van der Waals surface area contributed by atoms with E-state index in [-0.39, 0.29) is 0 Å². The van der Waals surface area contributed by atoms with E-state index in [4.69, 9.17) is 4.74 Å². The van der Waals surface area contributed by atoms with E-state index in [1.807, 2.05) is 0 Å². The summed E-state index contributed by atoms with van der Waals surface area (Å²) >= 11 is 0. The molecule has 0 radical (unpaired) electrons. The van der Waals surface area contributed by atoms with Gasteiger partial charge in [-0.05, 0) is 19.3 Å². The van der Waals surface area contributed by atoms with Crippen LogP contribution in [0.2, 0.25) is 0 Å². The molecule has 0 spiro atoms. The second-order valence-corrected chi connectivity index (χ2v) is 4.63. The highest BCUT2D eigenvalue weighted by atomic mass is 16.5. The molecule has 0 aromatic carbocycles. The first-order chi connectivity index (χ1) is 7.90. The minimum absolute atomic E-state index is 0.320. The maximum atomic E-state index is 5.53. The first-order valence-electron chi connectivity index (χ1n) is 6.06. The second-order valence-electron chi connectivity index (χ2n) is 4.63. The van der Waals surface area contributed by atoms with Gasteiger partial charge in [0.1, 0.15) is 0 Å². The van der Waals surface area contributed by atoms with Crippen LogP contribution in [0.1, 0.15) is 36.7 Å².